The quantitative estimate of drug-likeness (QED) is 0.732. The van der Waals surface area contributed by atoms with E-state index in [1.165, 1.54) is 5.56 Å². The molecular formula is C19H23NO2. The van der Waals surface area contributed by atoms with Gasteiger partial charge in [0.05, 0.1) is 6.61 Å². The molecule has 0 aliphatic rings. The first kappa shape index (κ1) is 16.1. The first-order valence-corrected chi connectivity index (χ1v) is 7.84. The van der Waals surface area contributed by atoms with E-state index < -0.39 is 0 Å². The summed E-state index contributed by atoms with van der Waals surface area (Å²) in [5.41, 5.74) is 2.16. The van der Waals surface area contributed by atoms with E-state index in [9.17, 15) is 4.79 Å². The maximum Gasteiger partial charge on any atom is 0.224 e. The molecule has 2 rings (SSSR count). The number of hydrogen-bond acceptors (Lipinski definition) is 2. The van der Waals surface area contributed by atoms with Crippen LogP contribution in [0.15, 0.2) is 54.6 Å². The average Bonchev–Trinajstić information content (AvgIpc) is 2.54. The predicted octanol–water partition coefficient (Wildman–Crippen LogP) is 4.44. The van der Waals surface area contributed by atoms with Crippen LogP contribution in [0.4, 0.5) is 5.69 Å². The molecule has 3 heteroatoms. The van der Waals surface area contributed by atoms with Crippen molar-refractivity contribution in [1.29, 1.82) is 0 Å². The molecule has 0 atom stereocenters. The van der Waals surface area contributed by atoms with Gasteiger partial charge in [-0.3, -0.25) is 4.79 Å². The maximum atomic E-state index is 11.8. The van der Waals surface area contributed by atoms with Gasteiger partial charge in [-0.2, -0.15) is 0 Å². The Labute approximate surface area is 132 Å². The Hall–Kier alpha value is -2.29. The molecule has 0 saturated carbocycles. The second-order valence-corrected chi connectivity index (χ2v) is 5.26. The Bertz CT molecular complexity index is 564. The lowest BCUT2D eigenvalue weighted by molar-refractivity contribution is -0.116. The molecule has 0 unspecified atom stereocenters. The van der Waals surface area contributed by atoms with E-state index in [-0.39, 0.29) is 5.91 Å². The van der Waals surface area contributed by atoms with Crippen LogP contribution in [0.3, 0.4) is 0 Å². The van der Waals surface area contributed by atoms with Crippen LogP contribution in [0.25, 0.3) is 0 Å². The van der Waals surface area contributed by atoms with Crippen LogP contribution in [0.1, 0.15) is 31.7 Å². The third-order valence-electron chi connectivity index (χ3n) is 3.34. The van der Waals surface area contributed by atoms with Crippen LogP contribution >= 0.6 is 0 Å². The number of para-hydroxylation sites is 1. The fourth-order valence-electron chi connectivity index (χ4n) is 2.21. The van der Waals surface area contributed by atoms with E-state index in [2.05, 4.69) is 24.4 Å². The molecule has 0 aliphatic heterocycles. The molecule has 2 aromatic rings. The molecule has 1 amide bonds. The molecule has 0 saturated heterocycles. The number of carbonyl (C=O) groups excluding carboxylic acids is 1. The van der Waals surface area contributed by atoms with E-state index in [1.807, 2.05) is 42.5 Å². The highest BCUT2D eigenvalue weighted by molar-refractivity contribution is 5.90. The zero-order chi connectivity index (χ0) is 15.6. The molecule has 0 heterocycles. The standard InChI is InChI=1S/C19H23NO2/c1-2-7-16-11-13-18(14-12-16)22-15-6-10-19(21)20-17-8-4-3-5-9-17/h3-5,8-9,11-14H,2,6-7,10,15H2,1H3,(H,20,21). The van der Waals surface area contributed by atoms with Crippen molar-refractivity contribution in [3.8, 4) is 5.75 Å². The van der Waals surface area contributed by atoms with Crippen molar-refractivity contribution < 1.29 is 9.53 Å². The van der Waals surface area contributed by atoms with Gasteiger partial charge in [-0.1, -0.05) is 43.7 Å². The van der Waals surface area contributed by atoms with E-state index in [1.54, 1.807) is 0 Å². The van der Waals surface area contributed by atoms with Gasteiger partial charge < -0.3 is 10.1 Å². The molecular weight excluding hydrogens is 274 g/mol. The van der Waals surface area contributed by atoms with Crippen LogP contribution in [0.5, 0.6) is 5.75 Å². The molecule has 116 valence electrons. The number of aryl methyl sites for hydroxylation is 1. The summed E-state index contributed by atoms with van der Waals surface area (Å²) in [5, 5.41) is 2.87. The lowest BCUT2D eigenvalue weighted by Gasteiger charge is -2.08. The number of nitrogens with one attached hydrogen (secondary N) is 1. The van der Waals surface area contributed by atoms with Crippen molar-refractivity contribution in [3.63, 3.8) is 0 Å². The predicted molar refractivity (Wildman–Crippen MR) is 90.2 cm³/mol. The van der Waals surface area contributed by atoms with E-state index in [4.69, 9.17) is 4.74 Å². The zero-order valence-electron chi connectivity index (χ0n) is 13.0. The minimum atomic E-state index is 0.0214. The van der Waals surface area contributed by atoms with Gasteiger partial charge in [0.2, 0.25) is 5.91 Å². The van der Waals surface area contributed by atoms with Gasteiger partial charge in [0.25, 0.3) is 0 Å². The molecule has 0 aliphatic carbocycles. The number of amides is 1. The summed E-state index contributed by atoms with van der Waals surface area (Å²) in [5.74, 6) is 0.886. The van der Waals surface area contributed by atoms with Crippen LogP contribution in [0.2, 0.25) is 0 Å². The summed E-state index contributed by atoms with van der Waals surface area (Å²) in [7, 11) is 0. The molecule has 0 radical (unpaired) electrons. The number of ether oxygens (including phenoxy) is 1. The van der Waals surface area contributed by atoms with Crippen LogP contribution in [-0.4, -0.2) is 12.5 Å². The largest absolute Gasteiger partial charge is 0.494 e. The van der Waals surface area contributed by atoms with Crippen molar-refractivity contribution in [2.24, 2.45) is 0 Å². The molecule has 0 fully saturated rings. The molecule has 22 heavy (non-hydrogen) atoms. The van der Waals surface area contributed by atoms with E-state index >= 15 is 0 Å². The van der Waals surface area contributed by atoms with Gasteiger partial charge in [-0.05, 0) is 42.7 Å². The monoisotopic (exact) mass is 297 g/mol. The van der Waals surface area contributed by atoms with Gasteiger partial charge in [-0.15, -0.1) is 0 Å². The van der Waals surface area contributed by atoms with E-state index in [0.717, 1.165) is 24.3 Å². The normalized spacial score (nSPS) is 10.2. The summed E-state index contributed by atoms with van der Waals surface area (Å²) in [6.45, 7) is 2.72. The van der Waals surface area contributed by atoms with Gasteiger partial charge >= 0.3 is 0 Å². The molecule has 2 aromatic carbocycles. The van der Waals surface area contributed by atoms with Crippen LogP contribution in [0, 0.1) is 0 Å². The molecule has 0 spiro atoms. The minimum absolute atomic E-state index is 0.0214. The number of hydrogen-bond donors (Lipinski definition) is 1. The Morgan fingerprint density at radius 1 is 1.05 bits per heavy atom. The van der Waals surface area contributed by atoms with Gasteiger partial charge in [0, 0.05) is 12.1 Å². The first-order valence-electron chi connectivity index (χ1n) is 7.84. The molecule has 3 nitrogen and oxygen atoms in total. The van der Waals surface area contributed by atoms with Crippen molar-refractivity contribution in [1.82, 2.24) is 0 Å². The lowest BCUT2D eigenvalue weighted by atomic mass is 10.1. The maximum absolute atomic E-state index is 11.8. The van der Waals surface area contributed by atoms with Gasteiger partial charge in [-0.25, -0.2) is 0 Å². The Morgan fingerprint density at radius 3 is 2.45 bits per heavy atom. The highest BCUT2D eigenvalue weighted by Crippen LogP contribution is 2.14. The van der Waals surface area contributed by atoms with Crippen LogP contribution in [-0.2, 0) is 11.2 Å². The molecule has 0 aromatic heterocycles. The fraction of sp³-hybridized carbons (Fsp3) is 0.316. The summed E-state index contributed by atoms with van der Waals surface area (Å²) < 4.78 is 5.66. The van der Waals surface area contributed by atoms with Gasteiger partial charge in [0.1, 0.15) is 5.75 Å². The highest BCUT2D eigenvalue weighted by atomic mass is 16.5. The zero-order valence-corrected chi connectivity index (χ0v) is 13.0. The van der Waals surface area contributed by atoms with Crippen molar-refractivity contribution >= 4 is 11.6 Å². The van der Waals surface area contributed by atoms with E-state index in [0.29, 0.717) is 19.4 Å². The van der Waals surface area contributed by atoms with Crippen molar-refractivity contribution in [2.45, 2.75) is 32.6 Å². The summed E-state index contributed by atoms with van der Waals surface area (Å²) in [4.78, 5) is 11.8. The second kappa shape index (κ2) is 8.88. The lowest BCUT2D eigenvalue weighted by Crippen LogP contribution is -2.12. The van der Waals surface area contributed by atoms with Crippen molar-refractivity contribution in [2.75, 3.05) is 11.9 Å². The molecule has 0 bridgehead atoms. The number of anilines is 1. The molecule has 1 N–H and O–H groups in total. The highest BCUT2D eigenvalue weighted by Gasteiger charge is 2.02. The average molecular weight is 297 g/mol. The number of benzene rings is 2. The number of carbonyl (C=O) groups is 1. The third kappa shape index (κ3) is 5.60. The minimum Gasteiger partial charge on any atom is -0.494 e. The fourth-order valence-corrected chi connectivity index (χ4v) is 2.21. The summed E-state index contributed by atoms with van der Waals surface area (Å²) in [6, 6.07) is 17.7. The Morgan fingerprint density at radius 2 is 1.77 bits per heavy atom. The van der Waals surface area contributed by atoms with Gasteiger partial charge in [0.15, 0.2) is 0 Å². The summed E-state index contributed by atoms with van der Waals surface area (Å²) >= 11 is 0. The van der Waals surface area contributed by atoms with Crippen LogP contribution < -0.4 is 10.1 Å². The third-order valence-corrected chi connectivity index (χ3v) is 3.34. The summed E-state index contributed by atoms with van der Waals surface area (Å²) in [6.07, 6.45) is 3.41. The second-order valence-electron chi connectivity index (χ2n) is 5.26. The number of rotatable bonds is 8. The topological polar surface area (TPSA) is 38.3 Å². The SMILES string of the molecule is CCCc1ccc(OCCCC(=O)Nc2ccccc2)cc1. The van der Waals surface area contributed by atoms with Crippen molar-refractivity contribution in [3.05, 3.63) is 60.2 Å². The first-order chi connectivity index (χ1) is 10.8. The Balaban J connectivity index is 1.65. The Kier molecular flexibility index (Phi) is 6.49. The smallest absolute Gasteiger partial charge is 0.224 e.